The Morgan fingerprint density at radius 3 is 2.65 bits per heavy atom. The third-order valence-electron chi connectivity index (χ3n) is 3.70. The fourth-order valence-corrected chi connectivity index (χ4v) is 2.70. The van der Waals surface area contributed by atoms with Gasteiger partial charge in [-0.3, -0.25) is 0 Å². The lowest BCUT2D eigenvalue weighted by Gasteiger charge is -2.40. The average molecular weight is 255 g/mol. The molecule has 0 radical (unpaired) electrons. The molecule has 17 heavy (non-hydrogen) atoms. The van der Waals surface area contributed by atoms with E-state index < -0.39 is 5.60 Å². The minimum atomic E-state index is -0.529. The van der Waals surface area contributed by atoms with Gasteiger partial charge in [0.15, 0.2) is 0 Å². The molecule has 0 bridgehead atoms. The number of aromatic nitrogens is 2. The Morgan fingerprint density at radius 1 is 1.35 bits per heavy atom. The normalized spacial score (nSPS) is 22.5. The van der Waals surface area contributed by atoms with Crippen LogP contribution in [0.1, 0.15) is 45.2 Å². The average Bonchev–Trinajstić information content (AvgIpc) is 2.77. The molecule has 0 unspecified atom stereocenters. The molecule has 2 N–H and O–H groups in total. The predicted octanol–water partition coefficient (Wildman–Crippen LogP) is 1.96. The highest BCUT2D eigenvalue weighted by atomic mass is 32.1. The molecule has 0 atom stereocenters. The van der Waals surface area contributed by atoms with Crippen LogP contribution >= 0.6 is 11.5 Å². The fourth-order valence-electron chi connectivity index (χ4n) is 2.25. The quantitative estimate of drug-likeness (QED) is 0.863. The van der Waals surface area contributed by atoms with Crippen LogP contribution in [0.25, 0.3) is 0 Å². The minimum Gasteiger partial charge on any atom is -0.389 e. The molecule has 1 fully saturated rings. The number of hydrogen-bond acceptors (Lipinski definition) is 5. The maximum atomic E-state index is 10.4. The molecule has 4 nitrogen and oxygen atoms in total. The van der Waals surface area contributed by atoms with Crippen LogP contribution in [0.2, 0.25) is 0 Å². The van der Waals surface area contributed by atoms with E-state index in [1.165, 1.54) is 11.5 Å². The summed E-state index contributed by atoms with van der Waals surface area (Å²) in [6.07, 6.45) is 3.98. The van der Waals surface area contributed by atoms with Crippen molar-refractivity contribution < 1.29 is 5.11 Å². The molecule has 0 spiro atoms. The van der Waals surface area contributed by atoms with Gasteiger partial charge < -0.3 is 10.4 Å². The summed E-state index contributed by atoms with van der Waals surface area (Å²) in [5.74, 6) is 0. The molecular weight excluding hydrogens is 234 g/mol. The number of hydrogen-bond donors (Lipinski definition) is 2. The van der Waals surface area contributed by atoms with Crippen LogP contribution in [0.4, 0.5) is 0 Å². The molecular formula is C12H21N3OS. The lowest BCUT2D eigenvalue weighted by atomic mass is 9.71. The third kappa shape index (κ3) is 3.72. The van der Waals surface area contributed by atoms with Gasteiger partial charge in [0, 0.05) is 18.5 Å². The van der Waals surface area contributed by atoms with Crippen molar-refractivity contribution in [3.8, 4) is 0 Å². The van der Waals surface area contributed by atoms with Crippen LogP contribution in [0.3, 0.4) is 0 Å². The second-order valence-electron chi connectivity index (χ2n) is 5.89. The van der Waals surface area contributed by atoms with Crippen molar-refractivity contribution in [2.45, 2.75) is 51.7 Å². The SMILES string of the molecule is CC1(C)CCC(O)(CNCc2csnn2)CC1. The summed E-state index contributed by atoms with van der Waals surface area (Å²) in [5, 5.41) is 19.6. The van der Waals surface area contributed by atoms with E-state index >= 15 is 0 Å². The van der Waals surface area contributed by atoms with Crippen LogP contribution in [0, 0.1) is 5.41 Å². The van der Waals surface area contributed by atoms with Crippen molar-refractivity contribution in [3.63, 3.8) is 0 Å². The van der Waals surface area contributed by atoms with Gasteiger partial charge in [-0.1, -0.05) is 18.3 Å². The Morgan fingerprint density at radius 2 is 2.06 bits per heavy atom. The van der Waals surface area contributed by atoms with Crippen LogP contribution in [-0.4, -0.2) is 26.8 Å². The Kier molecular flexibility index (Phi) is 3.80. The van der Waals surface area contributed by atoms with Gasteiger partial charge in [0.1, 0.15) is 0 Å². The lowest BCUT2D eigenvalue weighted by molar-refractivity contribution is -0.0245. The number of rotatable bonds is 4. The van der Waals surface area contributed by atoms with Gasteiger partial charge in [-0.15, -0.1) is 5.10 Å². The zero-order chi connectivity index (χ0) is 12.4. The van der Waals surface area contributed by atoms with Gasteiger partial charge in [-0.2, -0.15) is 0 Å². The van der Waals surface area contributed by atoms with Crippen LogP contribution in [0.5, 0.6) is 0 Å². The zero-order valence-corrected chi connectivity index (χ0v) is 11.4. The Balaban J connectivity index is 1.75. The van der Waals surface area contributed by atoms with E-state index in [2.05, 4.69) is 28.8 Å². The summed E-state index contributed by atoms with van der Waals surface area (Å²) in [5.41, 5.74) is 0.819. The monoisotopic (exact) mass is 255 g/mol. The van der Waals surface area contributed by atoms with Crippen molar-refractivity contribution >= 4 is 11.5 Å². The largest absolute Gasteiger partial charge is 0.389 e. The molecule has 1 aliphatic carbocycles. The maximum absolute atomic E-state index is 10.4. The molecule has 1 aromatic heterocycles. The molecule has 96 valence electrons. The molecule has 1 heterocycles. The summed E-state index contributed by atoms with van der Waals surface area (Å²) in [6.45, 7) is 5.91. The highest BCUT2D eigenvalue weighted by molar-refractivity contribution is 7.03. The van der Waals surface area contributed by atoms with E-state index in [4.69, 9.17) is 0 Å². The van der Waals surface area contributed by atoms with Crippen LogP contribution in [-0.2, 0) is 6.54 Å². The van der Waals surface area contributed by atoms with E-state index in [9.17, 15) is 5.11 Å². The third-order valence-corrected chi connectivity index (χ3v) is 4.25. The molecule has 1 aliphatic rings. The Labute approximate surface area is 107 Å². The standard InChI is InChI=1S/C12H21N3OS/c1-11(2)3-5-12(16,6-4-11)9-13-7-10-8-17-15-14-10/h8,13,16H,3-7,9H2,1-2H3. The van der Waals surface area contributed by atoms with Gasteiger partial charge in [-0.05, 0) is 42.6 Å². The number of nitrogens with one attached hydrogen (secondary N) is 1. The maximum Gasteiger partial charge on any atom is 0.0893 e. The smallest absolute Gasteiger partial charge is 0.0893 e. The van der Waals surface area contributed by atoms with E-state index in [0.717, 1.165) is 31.4 Å². The van der Waals surface area contributed by atoms with E-state index in [0.29, 0.717) is 18.5 Å². The van der Waals surface area contributed by atoms with E-state index in [1.54, 1.807) is 0 Å². The van der Waals surface area contributed by atoms with Crippen molar-refractivity contribution in [2.24, 2.45) is 5.41 Å². The predicted molar refractivity (Wildman–Crippen MR) is 68.8 cm³/mol. The number of aliphatic hydroxyl groups is 1. The molecule has 2 rings (SSSR count). The zero-order valence-electron chi connectivity index (χ0n) is 10.6. The molecule has 0 aliphatic heterocycles. The highest BCUT2D eigenvalue weighted by Gasteiger charge is 2.36. The molecule has 0 aromatic carbocycles. The fraction of sp³-hybridized carbons (Fsp3) is 0.833. The van der Waals surface area contributed by atoms with Crippen LogP contribution in [0.15, 0.2) is 5.38 Å². The van der Waals surface area contributed by atoms with Gasteiger partial charge in [0.2, 0.25) is 0 Å². The highest BCUT2D eigenvalue weighted by Crippen LogP contribution is 2.39. The molecule has 0 amide bonds. The Bertz CT molecular complexity index is 341. The van der Waals surface area contributed by atoms with E-state index in [-0.39, 0.29) is 0 Å². The van der Waals surface area contributed by atoms with Gasteiger partial charge in [-0.25, -0.2) is 0 Å². The minimum absolute atomic E-state index is 0.394. The summed E-state index contributed by atoms with van der Waals surface area (Å²) < 4.78 is 3.81. The second kappa shape index (κ2) is 5.00. The summed E-state index contributed by atoms with van der Waals surface area (Å²) >= 11 is 1.36. The van der Waals surface area contributed by atoms with Crippen molar-refractivity contribution in [3.05, 3.63) is 11.1 Å². The van der Waals surface area contributed by atoms with Gasteiger partial charge in [0.25, 0.3) is 0 Å². The number of nitrogens with zero attached hydrogens (tertiary/aromatic N) is 2. The lowest BCUT2D eigenvalue weighted by Crippen LogP contribution is -2.44. The topological polar surface area (TPSA) is 58.0 Å². The van der Waals surface area contributed by atoms with Gasteiger partial charge >= 0.3 is 0 Å². The first kappa shape index (κ1) is 12.9. The molecule has 1 aromatic rings. The Hall–Kier alpha value is -0.520. The van der Waals surface area contributed by atoms with Crippen molar-refractivity contribution in [1.29, 1.82) is 0 Å². The van der Waals surface area contributed by atoms with Gasteiger partial charge in [0.05, 0.1) is 11.3 Å². The molecule has 5 heteroatoms. The van der Waals surface area contributed by atoms with Crippen LogP contribution < -0.4 is 5.32 Å². The first-order chi connectivity index (χ1) is 7.99. The van der Waals surface area contributed by atoms with Crippen molar-refractivity contribution in [2.75, 3.05) is 6.54 Å². The molecule has 0 saturated heterocycles. The summed E-state index contributed by atoms with van der Waals surface area (Å²) in [4.78, 5) is 0. The second-order valence-corrected chi connectivity index (χ2v) is 6.50. The first-order valence-electron chi connectivity index (χ1n) is 6.18. The molecule has 1 saturated carbocycles. The summed E-state index contributed by atoms with van der Waals surface area (Å²) in [6, 6.07) is 0. The van der Waals surface area contributed by atoms with Crippen molar-refractivity contribution in [1.82, 2.24) is 14.9 Å². The van der Waals surface area contributed by atoms with E-state index in [1.807, 2.05) is 5.38 Å². The summed E-state index contributed by atoms with van der Waals surface area (Å²) in [7, 11) is 0. The first-order valence-corrected chi connectivity index (χ1v) is 7.02.